The zero-order valence-corrected chi connectivity index (χ0v) is 7.70. The van der Waals surface area contributed by atoms with E-state index in [1.54, 1.807) is 12.1 Å². The third-order valence-electron chi connectivity index (χ3n) is 1.26. The molecule has 72 valence electrons. The summed E-state index contributed by atoms with van der Waals surface area (Å²) in [6, 6.07) is 9.18. The van der Waals surface area contributed by atoms with Crippen molar-refractivity contribution in [3.05, 3.63) is 30.3 Å². The number of nitrogens with two attached hydrogens (primary N) is 1. The van der Waals surface area contributed by atoms with Crippen molar-refractivity contribution in [3.8, 4) is 5.75 Å². The molecule has 0 radical (unpaired) electrons. The number of benzene rings is 1. The zero-order valence-electron chi connectivity index (χ0n) is 6.88. The quantitative estimate of drug-likeness (QED) is 0.335. The molecule has 0 atom stereocenters. The molecular weight excluding hydrogens is 192 g/mol. The third kappa shape index (κ3) is 4.22. The van der Waals surface area contributed by atoms with E-state index in [4.69, 9.17) is 15.7 Å². The Bertz CT molecular complexity index is 264. The number of hydrogen-bond donors (Lipinski definition) is 2. The Kier molecular flexibility index (Phi) is 5.47. The molecule has 0 saturated heterocycles. The first-order valence-electron chi connectivity index (χ1n) is 3.47. The summed E-state index contributed by atoms with van der Waals surface area (Å²) in [5.41, 5.74) is 5.20. The Labute approximate surface area is 82.4 Å². The van der Waals surface area contributed by atoms with Crippen molar-refractivity contribution >= 4 is 18.2 Å². The monoisotopic (exact) mass is 202 g/mol. The first-order chi connectivity index (χ1) is 5.83. The largest absolute Gasteiger partial charge is 0.486 e. The highest BCUT2D eigenvalue weighted by atomic mass is 35.5. The number of nitrogens with zero attached hydrogens (tertiary/aromatic N) is 1. The summed E-state index contributed by atoms with van der Waals surface area (Å²) in [5.74, 6) is 0.753. The van der Waals surface area contributed by atoms with E-state index in [-0.39, 0.29) is 24.8 Å². The predicted molar refractivity (Wildman–Crippen MR) is 52.6 cm³/mol. The molecule has 0 aliphatic heterocycles. The normalized spacial score (nSPS) is 10.3. The van der Waals surface area contributed by atoms with Crippen LogP contribution in [-0.4, -0.2) is 17.6 Å². The molecule has 0 unspecified atom stereocenters. The van der Waals surface area contributed by atoms with Gasteiger partial charge in [-0.05, 0) is 12.1 Å². The molecular formula is C8H11ClN2O2. The van der Waals surface area contributed by atoms with Crippen molar-refractivity contribution in [1.29, 1.82) is 0 Å². The minimum absolute atomic E-state index is 0. The molecule has 0 fully saturated rings. The molecule has 0 saturated carbocycles. The number of halogens is 1. The molecule has 0 bridgehead atoms. The molecule has 0 aromatic heterocycles. The fourth-order valence-electron chi connectivity index (χ4n) is 0.703. The fraction of sp³-hybridized carbons (Fsp3) is 0.125. The summed E-state index contributed by atoms with van der Waals surface area (Å²) in [6.45, 7) is 0.0977. The molecule has 0 spiro atoms. The van der Waals surface area contributed by atoms with E-state index in [0.29, 0.717) is 5.75 Å². The second-order valence-electron chi connectivity index (χ2n) is 2.19. The number of ether oxygens (including phenoxy) is 1. The van der Waals surface area contributed by atoms with Crippen molar-refractivity contribution in [2.45, 2.75) is 0 Å². The standard InChI is InChI=1S/C8H10N2O2.ClH/c9-8(10-11)6-12-7-4-2-1-3-5-7;/h1-5,11H,6H2,(H2,9,10);1H. The molecule has 1 aromatic carbocycles. The van der Waals surface area contributed by atoms with Crippen molar-refractivity contribution < 1.29 is 9.94 Å². The maximum Gasteiger partial charge on any atom is 0.177 e. The minimum Gasteiger partial charge on any atom is -0.486 e. The van der Waals surface area contributed by atoms with Gasteiger partial charge in [0.15, 0.2) is 5.84 Å². The van der Waals surface area contributed by atoms with Gasteiger partial charge in [-0.2, -0.15) is 0 Å². The van der Waals surface area contributed by atoms with Gasteiger partial charge in [-0.25, -0.2) is 0 Å². The van der Waals surface area contributed by atoms with E-state index in [0.717, 1.165) is 0 Å². The highest BCUT2D eigenvalue weighted by Crippen LogP contribution is 2.07. The Balaban J connectivity index is 0.00000144. The van der Waals surface area contributed by atoms with Crippen LogP contribution >= 0.6 is 12.4 Å². The van der Waals surface area contributed by atoms with Gasteiger partial charge in [-0.15, -0.1) is 12.4 Å². The summed E-state index contributed by atoms with van der Waals surface area (Å²) >= 11 is 0. The summed E-state index contributed by atoms with van der Waals surface area (Å²) < 4.78 is 5.14. The van der Waals surface area contributed by atoms with Crippen LogP contribution in [0.25, 0.3) is 0 Å². The topological polar surface area (TPSA) is 67.8 Å². The number of amidine groups is 1. The molecule has 0 aliphatic rings. The van der Waals surface area contributed by atoms with Gasteiger partial charge in [0.05, 0.1) is 0 Å². The smallest absolute Gasteiger partial charge is 0.177 e. The first kappa shape index (κ1) is 11.6. The van der Waals surface area contributed by atoms with Crippen LogP contribution in [0.2, 0.25) is 0 Å². The van der Waals surface area contributed by atoms with Gasteiger partial charge in [0.2, 0.25) is 0 Å². The molecule has 3 N–H and O–H groups in total. The van der Waals surface area contributed by atoms with Gasteiger partial charge in [-0.3, -0.25) is 0 Å². The van der Waals surface area contributed by atoms with E-state index >= 15 is 0 Å². The minimum atomic E-state index is 0. The van der Waals surface area contributed by atoms with Crippen LogP contribution in [0.4, 0.5) is 0 Å². The number of hydrogen-bond acceptors (Lipinski definition) is 3. The van der Waals surface area contributed by atoms with Crippen molar-refractivity contribution in [2.24, 2.45) is 10.9 Å². The molecule has 5 heteroatoms. The van der Waals surface area contributed by atoms with E-state index in [2.05, 4.69) is 5.16 Å². The van der Waals surface area contributed by atoms with Crippen molar-refractivity contribution in [2.75, 3.05) is 6.61 Å². The maximum atomic E-state index is 8.20. The lowest BCUT2D eigenvalue weighted by Crippen LogP contribution is -2.20. The van der Waals surface area contributed by atoms with E-state index in [1.165, 1.54) is 0 Å². The lowest BCUT2D eigenvalue weighted by Gasteiger charge is -2.02. The van der Waals surface area contributed by atoms with Crippen LogP contribution < -0.4 is 10.5 Å². The van der Waals surface area contributed by atoms with E-state index in [1.807, 2.05) is 18.2 Å². The average molecular weight is 203 g/mol. The van der Waals surface area contributed by atoms with Gasteiger partial charge in [0.1, 0.15) is 12.4 Å². The van der Waals surface area contributed by atoms with Crippen LogP contribution in [-0.2, 0) is 0 Å². The van der Waals surface area contributed by atoms with Crippen LogP contribution in [0, 0.1) is 0 Å². The van der Waals surface area contributed by atoms with Crippen molar-refractivity contribution in [1.82, 2.24) is 0 Å². The Hall–Kier alpha value is -1.42. The van der Waals surface area contributed by atoms with Crippen LogP contribution in [0.1, 0.15) is 0 Å². The van der Waals surface area contributed by atoms with Gasteiger partial charge in [0.25, 0.3) is 0 Å². The summed E-state index contributed by atoms with van der Waals surface area (Å²) in [4.78, 5) is 0. The number of rotatable bonds is 3. The Morgan fingerprint density at radius 2 is 2.00 bits per heavy atom. The van der Waals surface area contributed by atoms with Crippen LogP contribution in [0.15, 0.2) is 35.5 Å². The SMILES string of the molecule is Cl.NC(COc1ccccc1)=NO. The number of oxime groups is 1. The van der Waals surface area contributed by atoms with Crippen LogP contribution in [0.5, 0.6) is 5.75 Å². The molecule has 0 aliphatic carbocycles. The van der Waals surface area contributed by atoms with Crippen molar-refractivity contribution in [3.63, 3.8) is 0 Å². The van der Waals surface area contributed by atoms with Gasteiger partial charge >= 0.3 is 0 Å². The molecule has 13 heavy (non-hydrogen) atoms. The Morgan fingerprint density at radius 3 is 2.54 bits per heavy atom. The highest BCUT2D eigenvalue weighted by molar-refractivity contribution is 5.85. The lowest BCUT2D eigenvalue weighted by molar-refractivity contribution is 0.306. The Morgan fingerprint density at radius 1 is 1.38 bits per heavy atom. The van der Waals surface area contributed by atoms with Gasteiger partial charge in [-0.1, -0.05) is 23.4 Å². The zero-order chi connectivity index (χ0) is 8.81. The van der Waals surface area contributed by atoms with Gasteiger partial charge < -0.3 is 15.7 Å². The second-order valence-corrected chi connectivity index (χ2v) is 2.19. The van der Waals surface area contributed by atoms with Crippen LogP contribution in [0.3, 0.4) is 0 Å². The lowest BCUT2D eigenvalue weighted by atomic mass is 10.3. The molecule has 4 nitrogen and oxygen atoms in total. The average Bonchev–Trinajstić information content (AvgIpc) is 2.16. The third-order valence-corrected chi connectivity index (χ3v) is 1.26. The summed E-state index contributed by atoms with van der Waals surface area (Å²) in [5, 5.41) is 11.0. The first-order valence-corrected chi connectivity index (χ1v) is 3.47. The summed E-state index contributed by atoms with van der Waals surface area (Å²) in [6.07, 6.45) is 0. The molecule has 0 amide bonds. The molecule has 0 heterocycles. The van der Waals surface area contributed by atoms with E-state index in [9.17, 15) is 0 Å². The van der Waals surface area contributed by atoms with Gasteiger partial charge in [0, 0.05) is 0 Å². The predicted octanol–water partition coefficient (Wildman–Crippen LogP) is 1.23. The molecule has 1 aromatic rings. The molecule has 1 rings (SSSR count). The fourth-order valence-corrected chi connectivity index (χ4v) is 0.703. The maximum absolute atomic E-state index is 8.20. The second kappa shape index (κ2) is 6.14. The van der Waals surface area contributed by atoms with E-state index < -0.39 is 0 Å². The highest BCUT2D eigenvalue weighted by Gasteiger charge is 1.93. The summed E-state index contributed by atoms with van der Waals surface area (Å²) in [7, 11) is 0. The number of para-hydroxylation sites is 1.